The van der Waals surface area contributed by atoms with E-state index < -0.39 is 0 Å². The van der Waals surface area contributed by atoms with Gasteiger partial charge in [-0.05, 0) is 35.9 Å². The lowest BCUT2D eigenvalue weighted by Gasteiger charge is -2.07. The Kier molecular flexibility index (Phi) is 3.39. The molecule has 0 saturated carbocycles. The van der Waals surface area contributed by atoms with Crippen LogP contribution in [0.2, 0.25) is 0 Å². The van der Waals surface area contributed by atoms with Crippen LogP contribution in [0.15, 0.2) is 48.8 Å². The van der Waals surface area contributed by atoms with Gasteiger partial charge in [0.2, 0.25) is 0 Å². The van der Waals surface area contributed by atoms with Gasteiger partial charge in [-0.2, -0.15) is 0 Å². The molecular weight excluding hydrogens is 250 g/mol. The fraction of sp³-hybridized carbons (Fsp3) is 0.188. The van der Waals surface area contributed by atoms with Crippen LogP contribution in [-0.4, -0.2) is 9.55 Å². The van der Waals surface area contributed by atoms with Gasteiger partial charge in [0.05, 0.1) is 11.9 Å². The van der Waals surface area contributed by atoms with Crippen LogP contribution in [0.25, 0.3) is 10.9 Å². The summed E-state index contributed by atoms with van der Waals surface area (Å²) in [5.74, 6) is 0.778. The maximum absolute atomic E-state index is 5.75. The quantitative estimate of drug-likeness (QED) is 0.790. The first-order valence-corrected chi connectivity index (χ1v) is 6.58. The largest absolute Gasteiger partial charge is 0.486 e. The molecule has 3 rings (SSSR count). The number of pyridine rings is 1. The van der Waals surface area contributed by atoms with Crippen molar-refractivity contribution >= 4 is 10.9 Å². The number of rotatable bonds is 4. The van der Waals surface area contributed by atoms with E-state index in [0.717, 1.165) is 17.0 Å². The Morgan fingerprint density at radius 3 is 2.90 bits per heavy atom. The molecule has 1 aromatic carbocycles. The SMILES string of the molecule is Cn1c(COc2cccnc2)cc2cc(CN)ccc21. The molecule has 0 aliphatic heterocycles. The van der Waals surface area contributed by atoms with E-state index >= 15 is 0 Å². The van der Waals surface area contributed by atoms with Crippen molar-refractivity contribution in [3.63, 3.8) is 0 Å². The predicted octanol–water partition coefficient (Wildman–Crippen LogP) is 2.61. The van der Waals surface area contributed by atoms with Gasteiger partial charge in [-0.25, -0.2) is 0 Å². The Bertz CT molecular complexity index is 719. The van der Waals surface area contributed by atoms with Crippen molar-refractivity contribution in [3.8, 4) is 5.75 Å². The van der Waals surface area contributed by atoms with Crippen molar-refractivity contribution in [2.24, 2.45) is 12.8 Å². The summed E-state index contributed by atoms with van der Waals surface area (Å²) in [4.78, 5) is 4.04. The van der Waals surface area contributed by atoms with E-state index in [2.05, 4.69) is 33.8 Å². The molecule has 0 amide bonds. The number of fused-ring (bicyclic) bond motifs is 1. The van der Waals surface area contributed by atoms with Crippen LogP contribution in [0, 0.1) is 0 Å². The minimum Gasteiger partial charge on any atom is -0.486 e. The van der Waals surface area contributed by atoms with E-state index in [4.69, 9.17) is 10.5 Å². The number of nitrogens with zero attached hydrogens (tertiary/aromatic N) is 2. The predicted molar refractivity (Wildman–Crippen MR) is 79.4 cm³/mol. The first-order valence-electron chi connectivity index (χ1n) is 6.58. The van der Waals surface area contributed by atoms with E-state index in [1.54, 1.807) is 12.4 Å². The lowest BCUT2D eigenvalue weighted by atomic mass is 10.1. The number of aryl methyl sites for hydroxylation is 1. The number of aromatic nitrogens is 2. The smallest absolute Gasteiger partial charge is 0.138 e. The molecule has 0 atom stereocenters. The lowest BCUT2D eigenvalue weighted by Crippen LogP contribution is -2.01. The molecule has 4 heteroatoms. The van der Waals surface area contributed by atoms with Crippen LogP contribution in [0.4, 0.5) is 0 Å². The summed E-state index contributed by atoms with van der Waals surface area (Å²) in [5.41, 5.74) is 9.13. The number of hydrogen-bond donors (Lipinski definition) is 1. The summed E-state index contributed by atoms with van der Waals surface area (Å²) >= 11 is 0. The summed E-state index contributed by atoms with van der Waals surface area (Å²) in [6.07, 6.45) is 3.45. The highest BCUT2D eigenvalue weighted by Gasteiger charge is 2.07. The molecular formula is C16H17N3O. The molecule has 0 radical (unpaired) electrons. The summed E-state index contributed by atoms with van der Waals surface area (Å²) in [6, 6.07) is 12.2. The maximum Gasteiger partial charge on any atom is 0.138 e. The van der Waals surface area contributed by atoms with E-state index in [1.165, 1.54) is 10.9 Å². The molecule has 102 valence electrons. The van der Waals surface area contributed by atoms with Crippen molar-refractivity contribution in [3.05, 3.63) is 60.0 Å². The van der Waals surface area contributed by atoms with Crippen molar-refractivity contribution in [2.75, 3.05) is 0 Å². The van der Waals surface area contributed by atoms with Gasteiger partial charge >= 0.3 is 0 Å². The zero-order valence-corrected chi connectivity index (χ0v) is 11.4. The molecule has 2 heterocycles. The van der Waals surface area contributed by atoms with E-state index in [1.807, 2.05) is 19.2 Å². The Balaban J connectivity index is 1.86. The van der Waals surface area contributed by atoms with Crippen LogP contribution in [0.3, 0.4) is 0 Å². The lowest BCUT2D eigenvalue weighted by molar-refractivity contribution is 0.296. The molecule has 0 unspecified atom stereocenters. The molecule has 3 aromatic rings. The topological polar surface area (TPSA) is 53.1 Å². The van der Waals surface area contributed by atoms with Gasteiger partial charge in [0.1, 0.15) is 12.4 Å². The molecule has 0 saturated heterocycles. The average molecular weight is 267 g/mol. The van der Waals surface area contributed by atoms with Crippen molar-refractivity contribution in [2.45, 2.75) is 13.2 Å². The normalized spacial score (nSPS) is 10.9. The van der Waals surface area contributed by atoms with Gasteiger partial charge in [0.15, 0.2) is 0 Å². The van der Waals surface area contributed by atoms with Crippen LogP contribution >= 0.6 is 0 Å². The van der Waals surface area contributed by atoms with Crippen molar-refractivity contribution < 1.29 is 4.74 Å². The van der Waals surface area contributed by atoms with Gasteiger partial charge in [-0.1, -0.05) is 6.07 Å². The summed E-state index contributed by atoms with van der Waals surface area (Å²) in [6.45, 7) is 1.08. The van der Waals surface area contributed by atoms with E-state index in [9.17, 15) is 0 Å². The minimum absolute atomic E-state index is 0.523. The third-order valence-corrected chi connectivity index (χ3v) is 3.46. The Labute approximate surface area is 117 Å². The number of nitrogens with two attached hydrogens (primary N) is 1. The van der Waals surface area contributed by atoms with Crippen molar-refractivity contribution in [1.82, 2.24) is 9.55 Å². The minimum atomic E-state index is 0.523. The molecule has 0 fully saturated rings. The Hall–Kier alpha value is -2.33. The second-order valence-electron chi connectivity index (χ2n) is 4.77. The zero-order chi connectivity index (χ0) is 13.9. The fourth-order valence-corrected chi connectivity index (χ4v) is 2.31. The number of benzene rings is 1. The van der Waals surface area contributed by atoms with Gasteiger partial charge in [0.25, 0.3) is 0 Å². The Morgan fingerprint density at radius 1 is 1.25 bits per heavy atom. The average Bonchev–Trinajstić information content (AvgIpc) is 2.82. The van der Waals surface area contributed by atoms with E-state index in [-0.39, 0.29) is 0 Å². The number of hydrogen-bond acceptors (Lipinski definition) is 3. The van der Waals surface area contributed by atoms with Crippen LogP contribution in [-0.2, 0) is 20.2 Å². The van der Waals surface area contributed by atoms with Crippen LogP contribution < -0.4 is 10.5 Å². The van der Waals surface area contributed by atoms with Crippen molar-refractivity contribution in [1.29, 1.82) is 0 Å². The summed E-state index contributed by atoms with van der Waals surface area (Å²) < 4.78 is 7.90. The molecule has 0 aliphatic rings. The molecule has 20 heavy (non-hydrogen) atoms. The van der Waals surface area contributed by atoms with Gasteiger partial charge in [-0.15, -0.1) is 0 Å². The van der Waals surface area contributed by atoms with Crippen LogP contribution in [0.1, 0.15) is 11.3 Å². The first-order chi connectivity index (χ1) is 9.78. The second-order valence-corrected chi connectivity index (χ2v) is 4.77. The molecule has 0 bridgehead atoms. The van der Waals surface area contributed by atoms with Gasteiger partial charge < -0.3 is 15.0 Å². The highest BCUT2D eigenvalue weighted by atomic mass is 16.5. The molecule has 0 spiro atoms. The standard InChI is InChI=1S/C16H17N3O/c1-19-14(11-20-15-3-2-6-18-10-15)8-13-7-12(9-17)4-5-16(13)19/h2-8,10H,9,11,17H2,1H3. The van der Waals surface area contributed by atoms with Crippen LogP contribution in [0.5, 0.6) is 5.75 Å². The third kappa shape index (κ3) is 2.38. The highest BCUT2D eigenvalue weighted by Crippen LogP contribution is 2.21. The Morgan fingerprint density at radius 2 is 2.15 bits per heavy atom. The summed E-state index contributed by atoms with van der Waals surface area (Å²) in [7, 11) is 2.05. The maximum atomic E-state index is 5.75. The van der Waals surface area contributed by atoms with Gasteiger partial charge in [0, 0.05) is 30.7 Å². The third-order valence-electron chi connectivity index (χ3n) is 3.46. The first kappa shape index (κ1) is 12.7. The zero-order valence-electron chi connectivity index (χ0n) is 11.4. The molecule has 0 aliphatic carbocycles. The molecule has 2 aromatic heterocycles. The second kappa shape index (κ2) is 5.35. The number of ether oxygens (including phenoxy) is 1. The monoisotopic (exact) mass is 267 g/mol. The molecule has 2 N–H and O–H groups in total. The highest BCUT2D eigenvalue weighted by molar-refractivity contribution is 5.82. The molecule has 4 nitrogen and oxygen atoms in total. The fourth-order valence-electron chi connectivity index (χ4n) is 2.31. The van der Waals surface area contributed by atoms with Gasteiger partial charge in [-0.3, -0.25) is 4.98 Å². The van der Waals surface area contributed by atoms with E-state index in [0.29, 0.717) is 13.2 Å². The summed E-state index contributed by atoms with van der Waals surface area (Å²) in [5, 5.41) is 1.19.